The molecule has 0 aliphatic heterocycles. The molecule has 1 atom stereocenters. The van der Waals surface area contributed by atoms with Crippen molar-refractivity contribution >= 4 is 11.7 Å². The number of aromatic amines is 1. The number of amides is 1. The molecule has 96 valence electrons. The summed E-state index contributed by atoms with van der Waals surface area (Å²) in [6, 6.07) is 0. The van der Waals surface area contributed by atoms with Crippen molar-refractivity contribution in [1.82, 2.24) is 10.2 Å². The largest absolute Gasteiger partial charge is 0.330 e. The number of hydrogen-bond acceptors (Lipinski definition) is 3. The van der Waals surface area contributed by atoms with Crippen LogP contribution in [0.2, 0.25) is 0 Å². The molecule has 1 heterocycles. The predicted octanol–water partition coefficient (Wildman–Crippen LogP) is 1.67. The molecule has 5 nitrogen and oxygen atoms in total. The highest BCUT2D eigenvalue weighted by molar-refractivity contribution is 5.90. The molecule has 0 aliphatic rings. The molecule has 4 N–H and O–H groups in total. The number of aromatic nitrogens is 2. The summed E-state index contributed by atoms with van der Waals surface area (Å²) < 4.78 is 0. The average molecular weight is 238 g/mol. The average Bonchev–Trinajstić information content (AvgIpc) is 2.62. The second-order valence-electron chi connectivity index (χ2n) is 4.91. The van der Waals surface area contributed by atoms with E-state index in [0.717, 1.165) is 12.0 Å². The summed E-state index contributed by atoms with van der Waals surface area (Å²) in [5, 5.41) is 9.43. The maximum absolute atomic E-state index is 11.8. The zero-order chi connectivity index (χ0) is 12.8. The lowest BCUT2D eigenvalue weighted by atomic mass is 9.94. The minimum atomic E-state index is -0.00606. The molecule has 1 amide bonds. The van der Waals surface area contributed by atoms with Crippen LogP contribution in [0.3, 0.4) is 0 Å². The lowest BCUT2D eigenvalue weighted by Gasteiger charge is -2.16. The Morgan fingerprint density at radius 1 is 1.59 bits per heavy atom. The van der Waals surface area contributed by atoms with E-state index >= 15 is 0 Å². The number of nitrogens with two attached hydrogens (primary N) is 1. The number of nitrogens with one attached hydrogen (secondary N) is 2. The first-order valence-electron chi connectivity index (χ1n) is 6.02. The monoisotopic (exact) mass is 238 g/mol. The molecule has 0 saturated carbocycles. The summed E-state index contributed by atoms with van der Waals surface area (Å²) >= 11 is 0. The Balaban J connectivity index is 2.45. The highest BCUT2D eigenvalue weighted by Crippen LogP contribution is 2.16. The Morgan fingerprint density at radius 3 is 2.76 bits per heavy atom. The summed E-state index contributed by atoms with van der Waals surface area (Å²) in [6.07, 6.45) is 3.13. The number of nitrogens with zero attached hydrogens (tertiary/aromatic N) is 1. The van der Waals surface area contributed by atoms with Crippen molar-refractivity contribution < 1.29 is 4.79 Å². The molecule has 5 heteroatoms. The van der Waals surface area contributed by atoms with E-state index < -0.39 is 0 Å². The van der Waals surface area contributed by atoms with E-state index in [2.05, 4.69) is 29.4 Å². The topological polar surface area (TPSA) is 83.8 Å². The zero-order valence-corrected chi connectivity index (χ0v) is 10.8. The van der Waals surface area contributed by atoms with Crippen LogP contribution < -0.4 is 11.1 Å². The Morgan fingerprint density at radius 2 is 2.29 bits per heavy atom. The van der Waals surface area contributed by atoms with Crippen molar-refractivity contribution in [2.24, 2.45) is 17.6 Å². The van der Waals surface area contributed by atoms with E-state index in [9.17, 15) is 4.79 Å². The molecule has 17 heavy (non-hydrogen) atoms. The van der Waals surface area contributed by atoms with E-state index in [1.807, 2.05) is 6.92 Å². The van der Waals surface area contributed by atoms with Crippen LogP contribution in [0.1, 0.15) is 32.3 Å². The highest BCUT2D eigenvalue weighted by atomic mass is 16.1. The van der Waals surface area contributed by atoms with Crippen LogP contribution in [0.5, 0.6) is 0 Å². The maximum Gasteiger partial charge on any atom is 0.225 e. The molecule has 1 aromatic heterocycles. The number of H-pyrrole nitrogens is 1. The Bertz CT molecular complexity index is 359. The summed E-state index contributed by atoms with van der Waals surface area (Å²) in [6.45, 7) is 6.72. The molecular formula is C12H22N4O. The second kappa shape index (κ2) is 6.39. The van der Waals surface area contributed by atoms with Crippen molar-refractivity contribution in [3.05, 3.63) is 11.8 Å². The van der Waals surface area contributed by atoms with Crippen LogP contribution >= 0.6 is 0 Å². The van der Waals surface area contributed by atoms with Gasteiger partial charge in [0, 0.05) is 12.0 Å². The molecule has 0 saturated heterocycles. The molecule has 1 unspecified atom stereocenters. The van der Waals surface area contributed by atoms with Crippen LogP contribution in [-0.2, 0) is 4.79 Å². The standard InChI is InChI=1S/C12H22N4O/c1-8(2)4-10(6-13)5-11(17)15-12-9(3)7-14-16-12/h7-8,10H,4-6,13H2,1-3H3,(H2,14,15,16,17). The Hall–Kier alpha value is -1.36. The third-order valence-electron chi connectivity index (χ3n) is 2.71. The van der Waals surface area contributed by atoms with Gasteiger partial charge in [-0.05, 0) is 31.7 Å². The third-order valence-corrected chi connectivity index (χ3v) is 2.71. The first-order chi connectivity index (χ1) is 8.02. The lowest BCUT2D eigenvalue weighted by Crippen LogP contribution is -2.23. The smallest absolute Gasteiger partial charge is 0.225 e. The van der Waals surface area contributed by atoms with Crippen molar-refractivity contribution in [2.75, 3.05) is 11.9 Å². The van der Waals surface area contributed by atoms with Gasteiger partial charge in [-0.3, -0.25) is 9.89 Å². The molecule has 0 radical (unpaired) electrons. The normalized spacial score (nSPS) is 12.8. The van der Waals surface area contributed by atoms with Crippen LogP contribution in [0.25, 0.3) is 0 Å². The van der Waals surface area contributed by atoms with E-state index in [1.54, 1.807) is 6.20 Å². The van der Waals surface area contributed by atoms with E-state index in [0.29, 0.717) is 24.7 Å². The number of aryl methyl sites for hydroxylation is 1. The van der Waals surface area contributed by atoms with Crippen LogP contribution in [-0.4, -0.2) is 22.6 Å². The molecule has 1 rings (SSSR count). The number of carbonyl (C=O) groups is 1. The second-order valence-corrected chi connectivity index (χ2v) is 4.91. The molecule has 0 aliphatic carbocycles. The molecule has 1 aromatic rings. The SMILES string of the molecule is Cc1cn[nH]c1NC(=O)CC(CN)CC(C)C. The van der Waals surface area contributed by atoms with Gasteiger partial charge in [-0.2, -0.15) is 5.10 Å². The fourth-order valence-corrected chi connectivity index (χ4v) is 1.86. The molecular weight excluding hydrogens is 216 g/mol. The van der Waals surface area contributed by atoms with Gasteiger partial charge < -0.3 is 11.1 Å². The number of hydrogen-bond donors (Lipinski definition) is 3. The zero-order valence-electron chi connectivity index (χ0n) is 10.8. The maximum atomic E-state index is 11.8. The molecule has 0 spiro atoms. The van der Waals surface area contributed by atoms with Gasteiger partial charge in [0.2, 0.25) is 5.91 Å². The van der Waals surface area contributed by atoms with Gasteiger partial charge in [0.1, 0.15) is 5.82 Å². The van der Waals surface area contributed by atoms with Gasteiger partial charge in [-0.1, -0.05) is 13.8 Å². The van der Waals surface area contributed by atoms with E-state index in [-0.39, 0.29) is 11.8 Å². The van der Waals surface area contributed by atoms with Gasteiger partial charge in [0.05, 0.1) is 6.20 Å². The quantitative estimate of drug-likeness (QED) is 0.704. The number of rotatable bonds is 6. The lowest BCUT2D eigenvalue weighted by molar-refractivity contribution is -0.117. The number of carbonyl (C=O) groups excluding carboxylic acids is 1. The molecule has 0 aromatic carbocycles. The van der Waals surface area contributed by atoms with Crippen LogP contribution in [0.4, 0.5) is 5.82 Å². The van der Waals surface area contributed by atoms with Crippen molar-refractivity contribution in [1.29, 1.82) is 0 Å². The summed E-state index contributed by atoms with van der Waals surface area (Å²) in [5.74, 6) is 1.48. The van der Waals surface area contributed by atoms with Crippen LogP contribution in [0.15, 0.2) is 6.20 Å². The minimum Gasteiger partial charge on any atom is -0.330 e. The Labute approximate surface area is 102 Å². The molecule has 0 fully saturated rings. The van der Waals surface area contributed by atoms with E-state index in [4.69, 9.17) is 5.73 Å². The van der Waals surface area contributed by atoms with Gasteiger partial charge in [-0.25, -0.2) is 0 Å². The van der Waals surface area contributed by atoms with Crippen LogP contribution in [0, 0.1) is 18.8 Å². The van der Waals surface area contributed by atoms with Gasteiger partial charge in [0.25, 0.3) is 0 Å². The predicted molar refractivity (Wildman–Crippen MR) is 68.6 cm³/mol. The third kappa shape index (κ3) is 4.56. The minimum absolute atomic E-state index is 0.00606. The summed E-state index contributed by atoms with van der Waals surface area (Å²) in [7, 11) is 0. The fraction of sp³-hybridized carbons (Fsp3) is 0.667. The number of anilines is 1. The first-order valence-corrected chi connectivity index (χ1v) is 6.02. The van der Waals surface area contributed by atoms with Crippen molar-refractivity contribution in [3.63, 3.8) is 0 Å². The van der Waals surface area contributed by atoms with E-state index in [1.165, 1.54) is 0 Å². The molecule has 0 bridgehead atoms. The van der Waals surface area contributed by atoms with Gasteiger partial charge in [0.15, 0.2) is 0 Å². The van der Waals surface area contributed by atoms with Gasteiger partial charge >= 0.3 is 0 Å². The van der Waals surface area contributed by atoms with Crippen molar-refractivity contribution in [2.45, 2.75) is 33.6 Å². The highest BCUT2D eigenvalue weighted by Gasteiger charge is 2.15. The summed E-state index contributed by atoms with van der Waals surface area (Å²) in [5.41, 5.74) is 6.61. The fourth-order valence-electron chi connectivity index (χ4n) is 1.86. The summed E-state index contributed by atoms with van der Waals surface area (Å²) in [4.78, 5) is 11.8. The van der Waals surface area contributed by atoms with Crippen molar-refractivity contribution in [3.8, 4) is 0 Å². The first kappa shape index (κ1) is 13.7. The van der Waals surface area contributed by atoms with Gasteiger partial charge in [-0.15, -0.1) is 0 Å². The Kier molecular flexibility index (Phi) is 5.15.